The molecular formula is C27H27FN2O4. The van der Waals surface area contributed by atoms with E-state index >= 15 is 0 Å². The van der Waals surface area contributed by atoms with Crippen molar-refractivity contribution in [2.45, 2.75) is 25.4 Å². The van der Waals surface area contributed by atoms with Crippen LogP contribution in [0.5, 0.6) is 11.5 Å². The topological polar surface area (TPSA) is 67.9 Å². The second-order valence-corrected chi connectivity index (χ2v) is 8.17. The van der Waals surface area contributed by atoms with E-state index in [2.05, 4.69) is 5.32 Å². The number of methoxy groups -OCH3 is 2. The molecule has 0 aromatic heterocycles. The second-order valence-electron chi connectivity index (χ2n) is 8.17. The number of anilines is 1. The van der Waals surface area contributed by atoms with Gasteiger partial charge in [0.1, 0.15) is 17.3 Å². The number of amides is 2. The lowest BCUT2D eigenvalue weighted by Gasteiger charge is -2.41. The molecule has 2 amide bonds. The van der Waals surface area contributed by atoms with Crippen LogP contribution in [0.15, 0.2) is 72.8 Å². The lowest BCUT2D eigenvalue weighted by molar-refractivity contribution is -0.129. The number of hydrogen-bond acceptors (Lipinski definition) is 4. The molecule has 3 aromatic carbocycles. The normalized spacial score (nSPS) is 17.9. The first-order valence-corrected chi connectivity index (χ1v) is 11.1. The molecule has 176 valence electrons. The van der Waals surface area contributed by atoms with Gasteiger partial charge in [-0.15, -0.1) is 0 Å². The van der Waals surface area contributed by atoms with E-state index in [0.29, 0.717) is 23.6 Å². The van der Waals surface area contributed by atoms with Crippen molar-refractivity contribution >= 4 is 17.5 Å². The number of nitrogens with one attached hydrogen (secondary N) is 1. The van der Waals surface area contributed by atoms with Gasteiger partial charge in [0, 0.05) is 18.7 Å². The minimum atomic E-state index is -0.492. The number of nitrogens with zero attached hydrogens (tertiary/aromatic N) is 1. The quantitative estimate of drug-likeness (QED) is 0.555. The van der Waals surface area contributed by atoms with Crippen LogP contribution in [0.25, 0.3) is 0 Å². The van der Waals surface area contributed by atoms with E-state index in [4.69, 9.17) is 9.47 Å². The maximum atomic E-state index is 13.4. The lowest BCUT2D eigenvalue weighted by Crippen LogP contribution is -2.48. The molecule has 0 bridgehead atoms. The number of carbonyl (C=O) groups is 2. The van der Waals surface area contributed by atoms with Crippen LogP contribution in [0.3, 0.4) is 0 Å². The van der Waals surface area contributed by atoms with Crippen LogP contribution in [-0.4, -0.2) is 26.0 Å². The first-order valence-electron chi connectivity index (χ1n) is 11.1. The highest BCUT2D eigenvalue weighted by molar-refractivity contribution is 5.97. The van der Waals surface area contributed by atoms with Crippen molar-refractivity contribution in [3.63, 3.8) is 0 Å². The molecule has 0 saturated carbocycles. The van der Waals surface area contributed by atoms with E-state index in [1.165, 1.54) is 12.1 Å². The monoisotopic (exact) mass is 462 g/mol. The summed E-state index contributed by atoms with van der Waals surface area (Å²) in [7, 11) is 3.18. The molecule has 4 rings (SSSR count). The molecule has 0 radical (unpaired) electrons. The molecule has 3 aromatic rings. The highest BCUT2D eigenvalue weighted by Gasteiger charge is 2.41. The number of halogens is 1. The Morgan fingerprint density at radius 2 is 1.53 bits per heavy atom. The van der Waals surface area contributed by atoms with Crippen LogP contribution in [0.2, 0.25) is 0 Å². The molecule has 1 N–H and O–H groups in total. The fraction of sp³-hybridized carbons (Fsp3) is 0.259. The predicted octanol–water partition coefficient (Wildman–Crippen LogP) is 4.64. The van der Waals surface area contributed by atoms with Gasteiger partial charge < -0.3 is 19.7 Å². The van der Waals surface area contributed by atoms with Crippen LogP contribution in [0.1, 0.15) is 30.0 Å². The summed E-state index contributed by atoms with van der Waals surface area (Å²) in [6.45, 7) is 0.279. The molecule has 0 spiro atoms. The van der Waals surface area contributed by atoms with E-state index in [1.54, 1.807) is 43.4 Å². The average Bonchev–Trinajstić information content (AvgIpc) is 2.88. The van der Waals surface area contributed by atoms with Crippen molar-refractivity contribution < 1.29 is 23.5 Å². The summed E-state index contributed by atoms with van der Waals surface area (Å²) in [6, 6.07) is 20.2. The molecule has 6 nitrogen and oxygen atoms in total. The third-order valence-corrected chi connectivity index (χ3v) is 6.12. The molecule has 34 heavy (non-hydrogen) atoms. The number of ether oxygens (including phenoxy) is 2. The molecule has 1 aliphatic rings. The van der Waals surface area contributed by atoms with Gasteiger partial charge in [0.25, 0.3) is 0 Å². The Bertz CT molecular complexity index is 1130. The van der Waals surface area contributed by atoms with Gasteiger partial charge in [-0.25, -0.2) is 4.39 Å². The summed E-state index contributed by atoms with van der Waals surface area (Å²) in [5.41, 5.74) is 2.34. The first kappa shape index (κ1) is 23.3. The van der Waals surface area contributed by atoms with Gasteiger partial charge in [0.05, 0.1) is 26.2 Å². The van der Waals surface area contributed by atoms with Crippen molar-refractivity contribution in [3.05, 3.63) is 89.7 Å². The summed E-state index contributed by atoms with van der Waals surface area (Å²) in [5, 5.41) is 2.97. The molecule has 0 aliphatic carbocycles. The van der Waals surface area contributed by atoms with Gasteiger partial charge in [-0.05, 0) is 66.1 Å². The Morgan fingerprint density at radius 1 is 0.941 bits per heavy atom. The van der Waals surface area contributed by atoms with E-state index in [-0.39, 0.29) is 30.6 Å². The Hall–Kier alpha value is -3.87. The zero-order valence-corrected chi connectivity index (χ0v) is 19.2. The van der Waals surface area contributed by atoms with Gasteiger partial charge in [0.15, 0.2) is 0 Å². The van der Waals surface area contributed by atoms with Gasteiger partial charge >= 0.3 is 0 Å². The SMILES string of the molecule is COc1ccc([C@@H]2[C@H](C(=O)NCc3ccc(F)cc3)CCC(=O)N2c2ccc(OC)cc2)cc1. The van der Waals surface area contributed by atoms with Crippen LogP contribution in [-0.2, 0) is 16.1 Å². The smallest absolute Gasteiger partial charge is 0.227 e. The Morgan fingerprint density at radius 3 is 2.12 bits per heavy atom. The number of piperidine rings is 1. The van der Waals surface area contributed by atoms with E-state index in [0.717, 1.165) is 11.1 Å². The van der Waals surface area contributed by atoms with Gasteiger partial charge in [-0.1, -0.05) is 24.3 Å². The highest BCUT2D eigenvalue weighted by atomic mass is 19.1. The van der Waals surface area contributed by atoms with Crippen molar-refractivity contribution in [2.75, 3.05) is 19.1 Å². The van der Waals surface area contributed by atoms with E-state index < -0.39 is 12.0 Å². The molecule has 2 atom stereocenters. The van der Waals surface area contributed by atoms with Crippen molar-refractivity contribution in [2.24, 2.45) is 5.92 Å². The minimum Gasteiger partial charge on any atom is -0.497 e. The molecule has 7 heteroatoms. The van der Waals surface area contributed by atoms with E-state index in [9.17, 15) is 14.0 Å². The number of carbonyl (C=O) groups excluding carboxylic acids is 2. The lowest BCUT2D eigenvalue weighted by atomic mass is 9.83. The third-order valence-electron chi connectivity index (χ3n) is 6.12. The Kier molecular flexibility index (Phi) is 7.11. The number of rotatable bonds is 7. The van der Waals surface area contributed by atoms with Crippen molar-refractivity contribution in [3.8, 4) is 11.5 Å². The zero-order valence-electron chi connectivity index (χ0n) is 19.2. The largest absolute Gasteiger partial charge is 0.497 e. The molecule has 0 unspecified atom stereocenters. The van der Waals surface area contributed by atoms with E-state index in [1.807, 2.05) is 36.4 Å². The fourth-order valence-corrected chi connectivity index (χ4v) is 4.32. The number of hydrogen-bond donors (Lipinski definition) is 1. The van der Waals surface area contributed by atoms with Crippen LogP contribution >= 0.6 is 0 Å². The van der Waals surface area contributed by atoms with Crippen molar-refractivity contribution in [1.29, 1.82) is 0 Å². The van der Waals surface area contributed by atoms with Crippen molar-refractivity contribution in [1.82, 2.24) is 5.32 Å². The maximum Gasteiger partial charge on any atom is 0.227 e. The average molecular weight is 463 g/mol. The summed E-state index contributed by atoms with van der Waals surface area (Å²) >= 11 is 0. The summed E-state index contributed by atoms with van der Waals surface area (Å²) in [6.07, 6.45) is 0.685. The Labute approximate surface area is 198 Å². The zero-order chi connectivity index (χ0) is 24.1. The van der Waals surface area contributed by atoms with Gasteiger partial charge in [0.2, 0.25) is 11.8 Å². The second kappa shape index (κ2) is 10.4. The van der Waals surface area contributed by atoms with Crippen LogP contribution in [0, 0.1) is 11.7 Å². The molecule has 1 aliphatic heterocycles. The number of benzene rings is 3. The van der Waals surface area contributed by atoms with Crippen LogP contribution < -0.4 is 19.7 Å². The van der Waals surface area contributed by atoms with Gasteiger partial charge in [-0.3, -0.25) is 9.59 Å². The summed E-state index contributed by atoms with van der Waals surface area (Å²) in [5.74, 6) is 0.385. The van der Waals surface area contributed by atoms with Gasteiger partial charge in [-0.2, -0.15) is 0 Å². The Balaban J connectivity index is 1.65. The molecule has 1 heterocycles. The standard InChI is InChI=1S/C27H27FN2O4/c1-33-22-11-5-19(6-12-22)26-24(27(32)29-17-18-3-7-20(28)8-4-18)15-16-25(31)30(26)21-9-13-23(34-2)14-10-21/h3-14,24,26H,15-17H2,1-2H3,(H,29,32)/t24-,26-/m1/s1. The minimum absolute atomic E-state index is 0.0476. The first-order chi connectivity index (χ1) is 16.5. The molecule has 1 fully saturated rings. The highest BCUT2D eigenvalue weighted by Crippen LogP contribution is 2.41. The third kappa shape index (κ3) is 5.03. The maximum absolute atomic E-state index is 13.4. The summed E-state index contributed by atoms with van der Waals surface area (Å²) < 4.78 is 23.8. The molecular weight excluding hydrogens is 435 g/mol. The molecule has 1 saturated heterocycles. The fourth-order valence-electron chi connectivity index (χ4n) is 4.32. The predicted molar refractivity (Wildman–Crippen MR) is 127 cm³/mol. The van der Waals surface area contributed by atoms with Crippen LogP contribution in [0.4, 0.5) is 10.1 Å². The summed E-state index contributed by atoms with van der Waals surface area (Å²) in [4.78, 5) is 28.2.